The molecule has 1 aliphatic heterocycles. The maximum Gasteiger partial charge on any atom is 0.119 e. The third kappa shape index (κ3) is 4.53. The van der Waals surface area contributed by atoms with Crippen LogP contribution in [0.25, 0.3) is 11.0 Å². The van der Waals surface area contributed by atoms with E-state index in [4.69, 9.17) is 4.74 Å². The lowest BCUT2D eigenvalue weighted by molar-refractivity contribution is 0.306. The molecular weight excluding hydrogens is 390 g/mol. The predicted octanol–water partition coefficient (Wildman–Crippen LogP) is 4.87. The Hall–Kier alpha value is -2.76. The van der Waals surface area contributed by atoms with Crippen molar-refractivity contribution in [1.29, 1.82) is 0 Å². The van der Waals surface area contributed by atoms with E-state index in [-0.39, 0.29) is 0 Å². The van der Waals surface area contributed by atoms with E-state index in [1.165, 1.54) is 11.1 Å². The quantitative estimate of drug-likeness (QED) is 0.467. The first kappa shape index (κ1) is 19.2. The summed E-state index contributed by atoms with van der Waals surface area (Å²) >= 11 is 2.00. The molecule has 0 amide bonds. The van der Waals surface area contributed by atoms with E-state index in [0.29, 0.717) is 11.9 Å². The Morgan fingerprint density at radius 2 is 1.80 bits per heavy atom. The first-order chi connectivity index (χ1) is 14.8. The maximum absolute atomic E-state index is 6.02. The lowest BCUT2D eigenvalue weighted by Gasteiger charge is -2.10. The molecule has 1 aromatic heterocycles. The van der Waals surface area contributed by atoms with Gasteiger partial charge in [-0.05, 0) is 47.4 Å². The summed E-state index contributed by atoms with van der Waals surface area (Å²) in [7, 11) is 0. The topological polar surface area (TPSA) is 39.1 Å². The van der Waals surface area contributed by atoms with Gasteiger partial charge in [-0.25, -0.2) is 4.98 Å². The molecule has 5 rings (SSSR count). The van der Waals surface area contributed by atoms with Crippen molar-refractivity contribution in [3.63, 3.8) is 0 Å². The number of hydrogen-bond donors (Lipinski definition) is 1. The van der Waals surface area contributed by atoms with Gasteiger partial charge in [0.1, 0.15) is 12.4 Å². The van der Waals surface area contributed by atoms with Crippen LogP contribution in [0.5, 0.6) is 5.75 Å². The molecule has 3 aromatic carbocycles. The van der Waals surface area contributed by atoms with Crippen LogP contribution in [0.4, 0.5) is 0 Å². The first-order valence-electron chi connectivity index (χ1n) is 10.4. The number of ether oxygens (including phenoxy) is 1. The molecule has 0 aliphatic carbocycles. The average molecular weight is 416 g/mol. The summed E-state index contributed by atoms with van der Waals surface area (Å²) in [4.78, 5) is 4.59. The zero-order valence-corrected chi connectivity index (χ0v) is 17.6. The molecule has 0 bridgehead atoms. The summed E-state index contributed by atoms with van der Waals surface area (Å²) < 4.78 is 8.20. The molecular formula is C25H25N3OS. The standard InChI is InChI=1S/C25H25N3OS/c1-2-4-20(5-3-1)15-28-17-27-24-13-21(8-11-25(24)28)16-29-22-9-6-19(7-10-22)12-23-14-26-18-30-23/h1-11,13,17,23,26H,12,14-16,18H2. The van der Waals surface area contributed by atoms with Gasteiger partial charge in [-0.15, -0.1) is 11.8 Å². The minimum atomic E-state index is 0.545. The summed E-state index contributed by atoms with van der Waals surface area (Å²) in [5.74, 6) is 1.98. The third-order valence-electron chi connectivity index (χ3n) is 5.47. The van der Waals surface area contributed by atoms with E-state index in [2.05, 4.69) is 81.6 Å². The highest BCUT2D eigenvalue weighted by Crippen LogP contribution is 2.22. The van der Waals surface area contributed by atoms with Crippen LogP contribution in [0.3, 0.4) is 0 Å². The summed E-state index contributed by atoms with van der Waals surface area (Å²) in [5.41, 5.74) is 5.92. The van der Waals surface area contributed by atoms with E-state index >= 15 is 0 Å². The second-order valence-electron chi connectivity index (χ2n) is 7.71. The Kier molecular flexibility index (Phi) is 5.73. The molecule has 30 heavy (non-hydrogen) atoms. The SMILES string of the molecule is c1ccc(Cn2cnc3cc(COc4ccc(CC5CNCS5)cc4)ccc32)cc1. The zero-order chi connectivity index (χ0) is 20.2. The second-order valence-corrected chi connectivity index (χ2v) is 8.99. The Morgan fingerprint density at radius 1 is 0.967 bits per heavy atom. The van der Waals surface area contributed by atoms with Crippen molar-refractivity contribution < 1.29 is 4.74 Å². The van der Waals surface area contributed by atoms with Crippen LogP contribution in [0.1, 0.15) is 16.7 Å². The Balaban J connectivity index is 1.21. The summed E-state index contributed by atoms with van der Waals surface area (Å²) in [6, 6.07) is 25.4. The van der Waals surface area contributed by atoms with Crippen molar-refractivity contribution >= 4 is 22.8 Å². The summed E-state index contributed by atoms with van der Waals surface area (Å²) in [6.07, 6.45) is 3.03. The fraction of sp³-hybridized carbons (Fsp3) is 0.240. The van der Waals surface area contributed by atoms with Crippen molar-refractivity contribution in [2.24, 2.45) is 0 Å². The molecule has 4 nitrogen and oxygen atoms in total. The normalized spacial score (nSPS) is 16.2. The van der Waals surface area contributed by atoms with E-state index in [1.54, 1.807) is 0 Å². The van der Waals surface area contributed by atoms with Crippen LogP contribution in [0.2, 0.25) is 0 Å². The molecule has 0 spiro atoms. The highest BCUT2D eigenvalue weighted by Gasteiger charge is 2.15. The number of nitrogens with zero attached hydrogens (tertiary/aromatic N) is 2. The van der Waals surface area contributed by atoms with Crippen molar-refractivity contribution in [3.8, 4) is 5.75 Å². The molecule has 0 saturated carbocycles. The van der Waals surface area contributed by atoms with Gasteiger partial charge >= 0.3 is 0 Å². The van der Waals surface area contributed by atoms with E-state index in [0.717, 1.165) is 47.7 Å². The van der Waals surface area contributed by atoms with Crippen LogP contribution < -0.4 is 10.1 Å². The number of rotatable bonds is 7. The van der Waals surface area contributed by atoms with Crippen LogP contribution in [-0.2, 0) is 19.6 Å². The third-order valence-corrected chi connectivity index (χ3v) is 6.64. The number of thioether (sulfide) groups is 1. The van der Waals surface area contributed by atoms with Gasteiger partial charge in [0.2, 0.25) is 0 Å². The molecule has 0 radical (unpaired) electrons. The van der Waals surface area contributed by atoms with Gasteiger partial charge in [-0.2, -0.15) is 0 Å². The number of nitrogens with one attached hydrogen (secondary N) is 1. The first-order valence-corrected chi connectivity index (χ1v) is 11.4. The van der Waals surface area contributed by atoms with E-state index in [9.17, 15) is 0 Å². The van der Waals surface area contributed by atoms with Gasteiger partial charge in [0.05, 0.1) is 17.4 Å². The maximum atomic E-state index is 6.02. The van der Waals surface area contributed by atoms with Crippen molar-refractivity contribution in [1.82, 2.24) is 14.9 Å². The number of aromatic nitrogens is 2. The smallest absolute Gasteiger partial charge is 0.119 e. The fourth-order valence-corrected chi connectivity index (χ4v) is 4.86. The van der Waals surface area contributed by atoms with Gasteiger partial charge in [0.25, 0.3) is 0 Å². The van der Waals surface area contributed by atoms with Crippen LogP contribution in [0, 0.1) is 0 Å². The van der Waals surface area contributed by atoms with Crippen LogP contribution in [-0.4, -0.2) is 27.2 Å². The largest absolute Gasteiger partial charge is 0.489 e. The number of fused-ring (bicyclic) bond motifs is 1. The molecule has 1 fully saturated rings. The monoisotopic (exact) mass is 415 g/mol. The minimum Gasteiger partial charge on any atom is -0.489 e. The van der Waals surface area contributed by atoms with Crippen molar-refractivity contribution in [3.05, 3.63) is 95.8 Å². The number of hydrogen-bond acceptors (Lipinski definition) is 4. The molecule has 5 heteroatoms. The highest BCUT2D eigenvalue weighted by molar-refractivity contribution is 8.00. The lowest BCUT2D eigenvalue weighted by Crippen LogP contribution is -2.14. The molecule has 152 valence electrons. The number of benzene rings is 3. The van der Waals surface area contributed by atoms with Gasteiger partial charge in [0, 0.05) is 24.2 Å². The van der Waals surface area contributed by atoms with Crippen LogP contribution >= 0.6 is 11.8 Å². The highest BCUT2D eigenvalue weighted by atomic mass is 32.2. The fourth-order valence-electron chi connectivity index (χ4n) is 3.84. The molecule has 1 saturated heterocycles. The van der Waals surface area contributed by atoms with Gasteiger partial charge in [-0.3, -0.25) is 0 Å². The second kappa shape index (κ2) is 8.94. The number of imidazole rings is 1. The zero-order valence-electron chi connectivity index (χ0n) is 16.8. The van der Waals surface area contributed by atoms with E-state index < -0.39 is 0 Å². The van der Waals surface area contributed by atoms with Gasteiger partial charge in [-0.1, -0.05) is 48.5 Å². The Labute approximate surface area is 181 Å². The molecule has 1 aliphatic rings. The summed E-state index contributed by atoms with van der Waals surface area (Å²) in [6.45, 7) is 2.48. The Bertz CT molecular complexity index is 1100. The molecule has 1 atom stereocenters. The molecule has 1 N–H and O–H groups in total. The predicted molar refractivity (Wildman–Crippen MR) is 124 cm³/mol. The Morgan fingerprint density at radius 3 is 2.60 bits per heavy atom. The minimum absolute atomic E-state index is 0.545. The van der Waals surface area contributed by atoms with E-state index in [1.807, 2.05) is 24.2 Å². The molecule has 2 heterocycles. The van der Waals surface area contributed by atoms with Crippen molar-refractivity contribution in [2.75, 3.05) is 12.4 Å². The molecule has 1 unspecified atom stereocenters. The lowest BCUT2D eigenvalue weighted by atomic mass is 10.1. The van der Waals surface area contributed by atoms with Gasteiger partial charge < -0.3 is 14.6 Å². The van der Waals surface area contributed by atoms with Gasteiger partial charge in [0.15, 0.2) is 0 Å². The molecule has 4 aromatic rings. The van der Waals surface area contributed by atoms with Crippen molar-refractivity contribution in [2.45, 2.75) is 24.8 Å². The van der Waals surface area contributed by atoms with Crippen LogP contribution in [0.15, 0.2) is 79.1 Å². The average Bonchev–Trinajstić information content (AvgIpc) is 3.44. The summed E-state index contributed by atoms with van der Waals surface area (Å²) in [5, 5.41) is 4.09.